The highest BCUT2D eigenvalue weighted by Gasteiger charge is 2.48. The monoisotopic (exact) mass is 439 g/mol. The van der Waals surface area contributed by atoms with Crippen molar-refractivity contribution in [2.24, 2.45) is 11.8 Å². The number of rotatable bonds is 12. The molecule has 4 nitrogen and oxygen atoms in total. The summed E-state index contributed by atoms with van der Waals surface area (Å²) in [5.41, 5.74) is 2.51. The van der Waals surface area contributed by atoms with Gasteiger partial charge in [-0.2, -0.15) is 0 Å². The molecular weight excluding hydrogens is 398 g/mol. The molecule has 3 rings (SSSR count). The van der Waals surface area contributed by atoms with Crippen molar-refractivity contribution in [2.45, 2.75) is 89.9 Å². The van der Waals surface area contributed by atoms with Gasteiger partial charge in [-0.1, -0.05) is 50.6 Å². The molecule has 1 aliphatic heterocycles. The minimum atomic E-state index is -0.554. The summed E-state index contributed by atoms with van der Waals surface area (Å²) in [5, 5.41) is 24.7. The second kappa shape index (κ2) is 12.4. The summed E-state index contributed by atoms with van der Waals surface area (Å²) in [6.07, 6.45) is 10.0. The van der Waals surface area contributed by atoms with E-state index < -0.39 is 12.2 Å². The molecule has 0 aromatic heterocycles. The largest absolute Gasteiger partial charge is 0.489 e. The van der Waals surface area contributed by atoms with Crippen molar-refractivity contribution < 1.29 is 14.9 Å². The average Bonchev–Trinajstić information content (AvgIpc) is 3.30. The second-order valence-corrected chi connectivity index (χ2v) is 9.44. The van der Waals surface area contributed by atoms with Gasteiger partial charge in [0.1, 0.15) is 11.9 Å². The first kappa shape index (κ1) is 24.8. The molecule has 1 aromatic carbocycles. The zero-order chi connectivity index (χ0) is 22.9. The maximum Gasteiger partial charge on any atom is 0.126 e. The Kier molecular flexibility index (Phi) is 9.66. The molecule has 0 amide bonds. The summed E-state index contributed by atoms with van der Waals surface area (Å²) in [6, 6.07) is 6.47. The van der Waals surface area contributed by atoms with Crippen LogP contribution < -0.4 is 10.1 Å². The summed E-state index contributed by atoms with van der Waals surface area (Å²) in [4.78, 5) is 0. The Labute approximate surface area is 194 Å². The van der Waals surface area contributed by atoms with Crippen molar-refractivity contribution in [3.63, 3.8) is 0 Å². The van der Waals surface area contributed by atoms with Crippen LogP contribution >= 0.6 is 0 Å². The molecule has 1 aromatic rings. The Hall–Kier alpha value is -1.80. The summed E-state index contributed by atoms with van der Waals surface area (Å²) in [5.74, 6) is 7.17. The van der Waals surface area contributed by atoms with E-state index >= 15 is 0 Å². The predicted molar refractivity (Wildman–Crippen MR) is 131 cm³/mol. The van der Waals surface area contributed by atoms with E-state index in [4.69, 9.17) is 4.74 Å². The van der Waals surface area contributed by atoms with E-state index in [9.17, 15) is 10.2 Å². The van der Waals surface area contributed by atoms with Crippen LogP contribution in [0.1, 0.15) is 76.3 Å². The molecule has 1 aliphatic carbocycles. The van der Waals surface area contributed by atoms with Crippen molar-refractivity contribution in [3.05, 3.63) is 41.5 Å². The minimum absolute atomic E-state index is 0.0204. The van der Waals surface area contributed by atoms with Crippen molar-refractivity contribution in [3.8, 4) is 17.6 Å². The molecule has 2 aliphatic rings. The van der Waals surface area contributed by atoms with Crippen molar-refractivity contribution >= 4 is 0 Å². The Morgan fingerprint density at radius 3 is 2.84 bits per heavy atom. The minimum Gasteiger partial charge on any atom is -0.489 e. The van der Waals surface area contributed by atoms with Gasteiger partial charge in [0.05, 0.1) is 12.2 Å². The van der Waals surface area contributed by atoms with Gasteiger partial charge in [0.25, 0.3) is 0 Å². The lowest BCUT2D eigenvalue weighted by molar-refractivity contribution is 0.134. The van der Waals surface area contributed by atoms with Crippen molar-refractivity contribution in [1.29, 1.82) is 0 Å². The van der Waals surface area contributed by atoms with E-state index in [1.807, 2.05) is 26.0 Å². The van der Waals surface area contributed by atoms with Gasteiger partial charge in [-0.15, -0.1) is 11.8 Å². The van der Waals surface area contributed by atoms with Crippen LogP contribution in [0.15, 0.2) is 30.4 Å². The van der Waals surface area contributed by atoms with E-state index in [-0.39, 0.29) is 23.9 Å². The fourth-order valence-electron chi connectivity index (χ4n) is 4.97. The van der Waals surface area contributed by atoms with E-state index in [0.29, 0.717) is 12.8 Å². The van der Waals surface area contributed by atoms with Crippen LogP contribution in [0.25, 0.3) is 0 Å². The topological polar surface area (TPSA) is 61.7 Å². The number of unbranched alkanes of at least 4 members (excludes halogenated alkanes) is 2. The number of nitrogens with one attached hydrogen (secondary N) is 1. The van der Waals surface area contributed by atoms with Gasteiger partial charge >= 0.3 is 0 Å². The molecule has 1 fully saturated rings. The standard InChI is InChI=1S/C28H41NO3/c1-4-6-11-20(3)24(30)16-15-22-25(31)19-26-27(22)23-14-10-13-21(28(23)32-26)12-8-9-18-29-17-7-5-2/h10,13-16,20,22,24-27,29-31H,5,7-9,11-12,17-19H2,1-3H3/t20-,22+,24-,25-,26+,27+/m1/s1. The fourth-order valence-corrected chi connectivity index (χ4v) is 4.97. The highest BCUT2D eigenvalue weighted by atomic mass is 16.5. The molecule has 0 radical (unpaired) electrons. The number of aryl methyl sites for hydroxylation is 1. The van der Waals surface area contributed by atoms with Crippen LogP contribution in [-0.2, 0) is 6.42 Å². The average molecular weight is 440 g/mol. The summed E-state index contributed by atoms with van der Waals surface area (Å²) in [6.45, 7) is 8.23. The summed E-state index contributed by atoms with van der Waals surface area (Å²) < 4.78 is 6.39. The number of hydrogen-bond acceptors (Lipinski definition) is 4. The number of ether oxygens (including phenoxy) is 1. The molecular formula is C28H41NO3. The molecule has 32 heavy (non-hydrogen) atoms. The zero-order valence-electron chi connectivity index (χ0n) is 20.0. The summed E-state index contributed by atoms with van der Waals surface area (Å²) >= 11 is 0. The number of aliphatic hydroxyl groups is 2. The Balaban J connectivity index is 1.62. The lowest BCUT2D eigenvalue weighted by Gasteiger charge is -2.19. The van der Waals surface area contributed by atoms with Gasteiger partial charge in [0.2, 0.25) is 0 Å². The van der Waals surface area contributed by atoms with E-state index in [2.05, 4.69) is 42.3 Å². The van der Waals surface area contributed by atoms with Crippen LogP contribution in [0, 0.1) is 23.7 Å². The van der Waals surface area contributed by atoms with Crippen LogP contribution in [-0.4, -0.2) is 41.6 Å². The molecule has 3 N–H and O–H groups in total. The van der Waals surface area contributed by atoms with Gasteiger partial charge in [-0.25, -0.2) is 0 Å². The predicted octanol–water partition coefficient (Wildman–Crippen LogP) is 4.59. The lowest BCUT2D eigenvalue weighted by Crippen LogP contribution is -2.19. The van der Waals surface area contributed by atoms with Crippen LogP contribution in [0.4, 0.5) is 0 Å². The van der Waals surface area contributed by atoms with Gasteiger partial charge in [-0.05, 0) is 57.2 Å². The number of aliphatic hydroxyl groups excluding tert-OH is 2. The van der Waals surface area contributed by atoms with E-state index in [0.717, 1.165) is 31.7 Å². The first-order valence-corrected chi connectivity index (χ1v) is 12.5. The third kappa shape index (κ3) is 6.16. The molecule has 4 heteroatoms. The van der Waals surface area contributed by atoms with Crippen molar-refractivity contribution in [1.82, 2.24) is 5.32 Å². The number of benzene rings is 1. The van der Waals surface area contributed by atoms with Gasteiger partial charge in [-0.3, -0.25) is 0 Å². The fraction of sp³-hybridized carbons (Fsp3) is 0.643. The van der Waals surface area contributed by atoms with Crippen LogP contribution in [0.5, 0.6) is 5.75 Å². The van der Waals surface area contributed by atoms with Crippen molar-refractivity contribution in [2.75, 3.05) is 13.1 Å². The molecule has 1 heterocycles. The smallest absolute Gasteiger partial charge is 0.126 e. The highest BCUT2D eigenvalue weighted by molar-refractivity contribution is 5.49. The Bertz CT molecular complexity index is 809. The van der Waals surface area contributed by atoms with Gasteiger partial charge < -0.3 is 20.3 Å². The highest BCUT2D eigenvalue weighted by Crippen LogP contribution is 2.52. The first-order valence-electron chi connectivity index (χ1n) is 12.5. The van der Waals surface area contributed by atoms with E-state index in [1.54, 1.807) is 0 Å². The van der Waals surface area contributed by atoms with Crippen LogP contribution in [0.2, 0.25) is 0 Å². The molecule has 0 spiro atoms. The maximum atomic E-state index is 10.7. The Morgan fingerprint density at radius 1 is 1.25 bits per heavy atom. The molecule has 0 unspecified atom stereocenters. The maximum absolute atomic E-state index is 10.7. The molecule has 0 bridgehead atoms. The zero-order valence-corrected chi connectivity index (χ0v) is 20.0. The summed E-state index contributed by atoms with van der Waals surface area (Å²) in [7, 11) is 0. The number of para-hydroxylation sites is 1. The van der Waals surface area contributed by atoms with Gasteiger partial charge in [0, 0.05) is 30.2 Å². The molecule has 0 saturated heterocycles. The molecule has 176 valence electrons. The third-order valence-corrected chi connectivity index (χ3v) is 6.96. The normalized spacial score (nSPS) is 25.7. The number of fused-ring (bicyclic) bond motifs is 3. The molecule has 1 saturated carbocycles. The molecule has 6 atom stereocenters. The Morgan fingerprint density at radius 2 is 2.06 bits per heavy atom. The second-order valence-electron chi connectivity index (χ2n) is 9.44. The quantitative estimate of drug-likeness (QED) is 0.253. The van der Waals surface area contributed by atoms with E-state index in [1.165, 1.54) is 30.4 Å². The van der Waals surface area contributed by atoms with Crippen LogP contribution in [0.3, 0.4) is 0 Å². The third-order valence-electron chi connectivity index (χ3n) is 6.96. The van der Waals surface area contributed by atoms with Gasteiger partial charge in [0.15, 0.2) is 0 Å². The first-order chi connectivity index (χ1) is 15.6. The SMILES string of the molecule is CC#CC[C@@H](C)[C@H](O)C=C[C@@H]1[C@H]2c3cccc(CCCCNCCCC)c3O[C@H]2C[C@H]1O. The lowest BCUT2D eigenvalue weighted by atomic mass is 9.86. The number of hydrogen-bond donors (Lipinski definition) is 3.